The predicted molar refractivity (Wildman–Crippen MR) is 71.2 cm³/mol. The van der Waals surface area contributed by atoms with Crippen molar-refractivity contribution in [3.63, 3.8) is 0 Å². The zero-order valence-corrected chi connectivity index (χ0v) is 11.1. The fourth-order valence-electron chi connectivity index (χ4n) is 1.84. The Balaban J connectivity index is 2.52. The van der Waals surface area contributed by atoms with E-state index >= 15 is 0 Å². The number of aromatic nitrogens is 2. The highest BCUT2D eigenvalue weighted by molar-refractivity contribution is 5.90. The lowest BCUT2D eigenvalue weighted by molar-refractivity contribution is -0.384. The fourth-order valence-corrected chi connectivity index (χ4v) is 1.84. The number of aromatic carboxylic acids is 1. The van der Waals surface area contributed by atoms with Crippen molar-refractivity contribution in [1.82, 2.24) is 9.78 Å². The van der Waals surface area contributed by atoms with Gasteiger partial charge in [0.2, 0.25) is 0 Å². The van der Waals surface area contributed by atoms with Gasteiger partial charge in [0.15, 0.2) is 0 Å². The van der Waals surface area contributed by atoms with Gasteiger partial charge < -0.3 is 10.4 Å². The zero-order valence-electron chi connectivity index (χ0n) is 11.1. The van der Waals surface area contributed by atoms with E-state index < -0.39 is 28.0 Å². The Morgan fingerprint density at radius 3 is 2.62 bits per heavy atom. The third-order valence-corrected chi connectivity index (χ3v) is 2.80. The molecule has 9 heteroatoms. The van der Waals surface area contributed by atoms with Crippen molar-refractivity contribution in [1.29, 1.82) is 0 Å². The minimum Gasteiger partial charge on any atom is -0.478 e. The number of anilines is 2. The Bertz CT molecular complexity index is 741. The molecule has 0 aliphatic heterocycles. The van der Waals surface area contributed by atoms with Crippen LogP contribution in [-0.2, 0) is 7.05 Å². The van der Waals surface area contributed by atoms with Gasteiger partial charge in [-0.1, -0.05) is 0 Å². The van der Waals surface area contributed by atoms with E-state index in [0.717, 1.165) is 6.07 Å². The van der Waals surface area contributed by atoms with E-state index in [1.807, 2.05) is 0 Å². The highest BCUT2D eigenvalue weighted by Gasteiger charge is 2.22. The van der Waals surface area contributed by atoms with Gasteiger partial charge in [-0.25, -0.2) is 9.18 Å². The first-order valence-corrected chi connectivity index (χ1v) is 5.78. The molecule has 110 valence electrons. The number of hydrogen-bond acceptors (Lipinski definition) is 5. The van der Waals surface area contributed by atoms with Crippen LogP contribution in [0.2, 0.25) is 0 Å². The number of carboxylic acid groups (broad SMARTS) is 1. The Morgan fingerprint density at radius 1 is 1.48 bits per heavy atom. The molecule has 21 heavy (non-hydrogen) atoms. The molecule has 0 radical (unpaired) electrons. The minimum absolute atomic E-state index is 0.140. The molecule has 1 aromatic carbocycles. The molecule has 1 heterocycles. The van der Waals surface area contributed by atoms with Crippen molar-refractivity contribution in [3.05, 3.63) is 45.5 Å². The summed E-state index contributed by atoms with van der Waals surface area (Å²) in [7, 11) is 1.67. The number of nitrogens with zero attached hydrogens (tertiary/aromatic N) is 3. The zero-order chi connectivity index (χ0) is 15.7. The van der Waals surface area contributed by atoms with Crippen molar-refractivity contribution < 1.29 is 19.2 Å². The van der Waals surface area contributed by atoms with Crippen molar-refractivity contribution in [2.45, 2.75) is 6.92 Å². The number of carboxylic acids is 1. The molecule has 0 aliphatic carbocycles. The lowest BCUT2D eigenvalue weighted by Crippen LogP contribution is -2.05. The molecule has 0 atom stereocenters. The third kappa shape index (κ3) is 2.81. The van der Waals surface area contributed by atoms with Crippen molar-refractivity contribution in [2.24, 2.45) is 7.05 Å². The molecular weight excluding hydrogens is 283 g/mol. The summed E-state index contributed by atoms with van der Waals surface area (Å²) in [5.41, 5.74) is -0.400. The maximum absolute atomic E-state index is 13.7. The monoisotopic (exact) mass is 294 g/mol. The lowest BCUT2D eigenvalue weighted by atomic mass is 10.1. The van der Waals surface area contributed by atoms with Crippen molar-refractivity contribution in [2.75, 3.05) is 5.32 Å². The maximum Gasteiger partial charge on any atom is 0.338 e. The highest BCUT2D eigenvalue weighted by Crippen LogP contribution is 2.31. The second-order valence-electron chi connectivity index (χ2n) is 4.34. The molecule has 0 amide bonds. The van der Waals surface area contributed by atoms with Crippen molar-refractivity contribution in [3.8, 4) is 0 Å². The van der Waals surface area contributed by atoms with Gasteiger partial charge in [0, 0.05) is 25.4 Å². The Labute approximate surface area is 118 Å². The summed E-state index contributed by atoms with van der Waals surface area (Å²) >= 11 is 0. The summed E-state index contributed by atoms with van der Waals surface area (Å²) in [5, 5.41) is 26.6. The standard InChI is InChI=1S/C12H11FN4O4/c1-6-10(5-16(2)15-6)14-9-4-8(13)7(12(18)19)3-11(9)17(20)21/h3-5,14H,1-2H3,(H,18,19). The first-order valence-electron chi connectivity index (χ1n) is 5.78. The van der Waals surface area contributed by atoms with Gasteiger partial charge in [0.05, 0.1) is 16.3 Å². The molecule has 1 aromatic heterocycles. The van der Waals surface area contributed by atoms with E-state index in [0.29, 0.717) is 17.4 Å². The van der Waals surface area contributed by atoms with E-state index in [-0.39, 0.29) is 5.69 Å². The number of halogens is 1. The van der Waals surface area contributed by atoms with Crippen LogP contribution in [0.15, 0.2) is 18.3 Å². The third-order valence-electron chi connectivity index (χ3n) is 2.80. The van der Waals surface area contributed by atoms with Crippen LogP contribution < -0.4 is 5.32 Å². The average Bonchev–Trinajstić information content (AvgIpc) is 2.67. The summed E-state index contributed by atoms with van der Waals surface area (Å²) in [6.45, 7) is 1.68. The van der Waals surface area contributed by atoms with Crippen LogP contribution in [0.5, 0.6) is 0 Å². The quantitative estimate of drug-likeness (QED) is 0.660. The number of benzene rings is 1. The number of nitrogens with one attached hydrogen (secondary N) is 1. The molecule has 8 nitrogen and oxygen atoms in total. The lowest BCUT2D eigenvalue weighted by Gasteiger charge is -2.07. The number of aryl methyl sites for hydroxylation is 2. The normalized spacial score (nSPS) is 10.4. The van der Waals surface area contributed by atoms with Crippen LogP contribution in [0, 0.1) is 22.9 Å². The average molecular weight is 294 g/mol. The molecule has 0 unspecified atom stereocenters. The Hall–Kier alpha value is -2.97. The summed E-state index contributed by atoms with van der Waals surface area (Å²) in [5.74, 6) is -2.63. The Kier molecular flexibility index (Phi) is 3.57. The second-order valence-corrected chi connectivity index (χ2v) is 4.34. The van der Waals surface area contributed by atoms with Gasteiger partial charge in [-0.15, -0.1) is 0 Å². The molecular formula is C12H11FN4O4. The van der Waals surface area contributed by atoms with E-state index in [1.165, 1.54) is 4.68 Å². The number of nitro groups is 1. The molecule has 2 rings (SSSR count). The molecule has 0 bridgehead atoms. The van der Waals surface area contributed by atoms with Crippen LogP contribution in [0.3, 0.4) is 0 Å². The van der Waals surface area contributed by atoms with Crippen LogP contribution >= 0.6 is 0 Å². The van der Waals surface area contributed by atoms with E-state index in [9.17, 15) is 19.3 Å². The SMILES string of the molecule is Cc1nn(C)cc1Nc1cc(F)c(C(=O)O)cc1[N+](=O)[O-]. The van der Waals surface area contributed by atoms with Crippen LogP contribution in [0.4, 0.5) is 21.5 Å². The van der Waals surface area contributed by atoms with Gasteiger partial charge in [-0.2, -0.15) is 5.10 Å². The molecule has 2 aromatic rings. The van der Waals surface area contributed by atoms with E-state index in [2.05, 4.69) is 10.4 Å². The molecule has 0 saturated carbocycles. The number of nitro benzene ring substituents is 1. The second kappa shape index (κ2) is 5.19. The van der Waals surface area contributed by atoms with Gasteiger partial charge in [0.25, 0.3) is 5.69 Å². The highest BCUT2D eigenvalue weighted by atomic mass is 19.1. The topological polar surface area (TPSA) is 110 Å². The fraction of sp³-hybridized carbons (Fsp3) is 0.167. The van der Waals surface area contributed by atoms with Gasteiger partial charge in [-0.05, 0) is 6.92 Å². The minimum atomic E-state index is -1.57. The van der Waals surface area contributed by atoms with E-state index in [1.54, 1.807) is 20.2 Å². The van der Waals surface area contributed by atoms with Crippen LogP contribution in [-0.4, -0.2) is 25.8 Å². The molecule has 0 spiro atoms. The largest absolute Gasteiger partial charge is 0.478 e. The maximum atomic E-state index is 13.7. The van der Waals surface area contributed by atoms with E-state index in [4.69, 9.17) is 5.11 Å². The number of hydrogen-bond donors (Lipinski definition) is 2. The molecule has 2 N–H and O–H groups in total. The molecule has 0 saturated heterocycles. The van der Waals surface area contributed by atoms with Crippen LogP contribution in [0.1, 0.15) is 16.1 Å². The molecule has 0 aliphatic rings. The number of rotatable bonds is 4. The number of carbonyl (C=O) groups is 1. The summed E-state index contributed by atoms with van der Waals surface area (Å²) in [4.78, 5) is 21.1. The smallest absolute Gasteiger partial charge is 0.338 e. The van der Waals surface area contributed by atoms with Gasteiger partial charge in [0.1, 0.15) is 17.1 Å². The molecule has 0 fully saturated rings. The van der Waals surface area contributed by atoms with Gasteiger partial charge in [-0.3, -0.25) is 14.8 Å². The summed E-state index contributed by atoms with van der Waals surface area (Å²) in [6, 6.07) is 1.47. The first kappa shape index (κ1) is 14.4. The Morgan fingerprint density at radius 2 is 2.14 bits per heavy atom. The van der Waals surface area contributed by atoms with Crippen molar-refractivity contribution >= 4 is 23.0 Å². The first-order chi connectivity index (χ1) is 9.79. The predicted octanol–water partition coefficient (Wildman–Crippen LogP) is 2.22. The van der Waals surface area contributed by atoms with Crippen LogP contribution in [0.25, 0.3) is 0 Å². The summed E-state index contributed by atoms with van der Waals surface area (Å²) in [6.07, 6.45) is 1.57. The summed E-state index contributed by atoms with van der Waals surface area (Å²) < 4.78 is 15.2. The van der Waals surface area contributed by atoms with Gasteiger partial charge >= 0.3 is 5.97 Å².